The number of rotatable bonds is 6. The summed E-state index contributed by atoms with van der Waals surface area (Å²) in [7, 11) is 2.34. The molecule has 0 bridgehead atoms. The Bertz CT molecular complexity index is 1210. The number of amides is 1. The molecule has 1 aliphatic rings. The Labute approximate surface area is 189 Å². The Morgan fingerprint density at radius 3 is 2.41 bits per heavy atom. The van der Waals surface area contributed by atoms with E-state index in [1.54, 1.807) is 12.1 Å². The first kappa shape index (κ1) is 22.4. The molecule has 32 heavy (non-hydrogen) atoms. The Morgan fingerprint density at radius 1 is 1.06 bits per heavy atom. The van der Waals surface area contributed by atoms with Gasteiger partial charge in [0, 0.05) is 69.5 Å². The fraction of sp³-hybridized carbons (Fsp3) is 0.375. The first-order chi connectivity index (χ1) is 15.3. The van der Waals surface area contributed by atoms with Crippen LogP contribution in [0.1, 0.15) is 18.4 Å². The zero-order chi connectivity index (χ0) is 22.9. The molecular formula is C24H30N4O3S. The summed E-state index contributed by atoms with van der Waals surface area (Å²) in [4.78, 5) is 15.0. The predicted molar refractivity (Wildman–Crippen MR) is 127 cm³/mol. The molecule has 170 valence electrons. The topological polar surface area (TPSA) is 74.7 Å². The number of carbonyl (C=O) groups is 1. The molecule has 3 aromatic rings. The van der Waals surface area contributed by atoms with Gasteiger partial charge in [0.25, 0.3) is 0 Å². The molecule has 1 saturated heterocycles. The second-order valence-electron chi connectivity index (χ2n) is 8.60. The van der Waals surface area contributed by atoms with Crippen molar-refractivity contribution in [2.75, 3.05) is 32.1 Å². The zero-order valence-corrected chi connectivity index (χ0v) is 19.6. The van der Waals surface area contributed by atoms with Crippen molar-refractivity contribution in [1.29, 1.82) is 0 Å². The number of benzene rings is 2. The van der Waals surface area contributed by atoms with Crippen molar-refractivity contribution in [3.05, 3.63) is 60.3 Å². The van der Waals surface area contributed by atoms with Gasteiger partial charge in [0.05, 0.1) is 4.90 Å². The van der Waals surface area contributed by atoms with Gasteiger partial charge in [-0.15, -0.1) is 0 Å². The molecule has 0 radical (unpaired) electrons. The summed E-state index contributed by atoms with van der Waals surface area (Å²) in [5.41, 5.74) is 3.15. The lowest BCUT2D eigenvalue weighted by atomic mass is 9.97. The number of sulfonamides is 1. The highest BCUT2D eigenvalue weighted by Gasteiger charge is 2.32. The number of aromatic nitrogens is 1. The van der Waals surface area contributed by atoms with Gasteiger partial charge in [-0.25, -0.2) is 8.42 Å². The Morgan fingerprint density at radius 2 is 1.75 bits per heavy atom. The van der Waals surface area contributed by atoms with Crippen molar-refractivity contribution >= 4 is 32.5 Å². The zero-order valence-electron chi connectivity index (χ0n) is 18.8. The van der Waals surface area contributed by atoms with Crippen molar-refractivity contribution in [2.24, 2.45) is 13.0 Å². The third kappa shape index (κ3) is 4.52. The van der Waals surface area contributed by atoms with E-state index in [9.17, 15) is 13.2 Å². The molecule has 0 spiro atoms. The molecule has 1 aromatic heterocycles. The third-order valence-corrected chi connectivity index (χ3v) is 8.13. The average Bonchev–Trinajstić information content (AvgIpc) is 3.18. The van der Waals surface area contributed by atoms with Gasteiger partial charge < -0.3 is 14.8 Å². The second-order valence-corrected chi connectivity index (χ2v) is 10.5. The van der Waals surface area contributed by atoms with E-state index < -0.39 is 10.0 Å². The number of nitrogens with zero attached hydrogens (tertiary/aromatic N) is 3. The summed E-state index contributed by atoms with van der Waals surface area (Å²) >= 11 is 0. The minimum atomic E-state index is -3.57. The van der Waals surface area contributed by atoms with Crippen LogP contribution in [0.5, 0.6) is 0 Å². The molecule has 4 rings (SSSR count). The van der Waals surface area contributed by atoms with Gasteiger partial charge >= 0.3 is 0 Å². The molecule has 0 saturated carbocycles. The number of aryl methyl sites for hydroxylation is 1. The monoisotopic (exact) mass is 454 g/mol. The maximum absolute atomic E-state index is 13.1. The van der Waals surface area contributed by atoms with Crippen LogP contribution < -0.4 is 10.2 Å². The van der Waals surface area contributed by atoms with Crippen LogP contribution in [0, 0.1) is 5.92 Å². The standard InChI is InChI=1S/C24H30N4O3S/c1-26(2)21-6-4-18(5-7-21)17-25-24(29)19-11-14-28(15-12-19)32(30,31)22-8-9-23-20(16-22)10-13-27(23)3/h4-10,13,16,19H,11-12,14-15,17H2,1-3H3,(H,25,29). The molecule has 2 aromatic carbocycles. The SMILES string of the molecule is CN(C)c1ccc(CNC(=O)C2CCN(S(=O)(=O)c3ccc4c(ccn4C)c3)CC2)cc1. The number of carbonyl (C=O) groups excluding carboxylic acids is 1. The fourth-order valence-corrected chi connectivity index (χ4v) is 5.68. The molecule has 1 amide bonds. The summed E-state index contributed by atoms with van der Waals surface area (Å²) in [5.74, 6) is -0.177. The number of hydrogen-bond acceptors (Lipinski definition) is 4. The lowest BCUT2D eigenvalue weighted by Gasteiger charge is -2.30. The molecule has 1 N–H and O–H groups in total. The normalized spacial score (nSPS) is 15.7. The van der Waals surface area contributed by atoms with Gasteiger partial charge in [-0.05, 0) is 54.8 Å². The molecule has 1 fully saturated rings. The van der Waals surface area contributed by atoms with Crippen molar-refractivity contribution < 1.29 is 13.2 Å². The van der Waals surface area contributed by atoms with Gasteiger partial charge in [0.1, 0.15) is 0 Å². The van der Waals surface area contributed by atoms with Gasteiger partial charge in [-0.1, -0.05) is 12.1 Å². The highest BCUT2D eigenvalue weighted by Crippen LogP contribution is 2.26. The summed E-state index contributed by atoms with van der Waals surface area (Å²) < 4.78 is 29.7. The predicted octanol–water partition coefficient (Wildman–Crippen LogP) is 2.96. The maximum Gasteiger partial charge on any atom is 0.243 e. The average molecular weight is 455 g/mol. The number of anilines is 1. The van der Waals surface area contributed by atoms with E-state index in [2.05, 4.69) is 5.32 Å². The summed E-state index contributed by atoms with van der Waals surface area (Å²) in [6, 6.07) is 15.2. The van der Waals surface area contributed by atoms with E-state index in [-0.39, 0.29) is 11.8 Å². The van der Waals surface area contributed by atoms with Crippen LogP contribution in [0.15, 0.2) is 59.6 Å². The second kappa shape index (κ2) is 8.96. The minimum Gasteiger partial charge on any atom is -0.378 e. The largest absolute Gasteiger partial charge is 0.378 e. The van der Waals surface area contributed by atoms with Crippen LogP contribution in [-0.2, 0) is 28.4 Å². The van der Waals surface area contributed by atoms with E-state index in [1.807, 2.05) is 73.2 Å². The minimum absolute atomic E-state index is 0.00978. The summed E-state index contributed by atoms with van der Waals surface area (Å²) in [5, 5.41) is 3.91. The number of nitrogens with one attached hydrogen (secondary N) is 1. The lowest BCUT2D eigenvalue weighted by molar-refractivity contribution is -0.126. The van der Waals surface area contributed by atoms with Gasteiger partial charge in [-0.3, -0.25) is 4.79 Å². The van der Waals surface area contributed by atoms with Crippen molar-refractivity contribution in [3.63, 3.8) is 0 Å². The van der Waals surface area contributed by atoms with Gasteiger partial charge in [0.15, 0.2) is 0 Å². The highest BCUT2D eigenvalue weighted by atomic mass is 32.2. The van der Waals surface area contributed by atoms with Gasteiger partial charge in [-0.2, -0.15) is 4.31 Å². The quantitative estimate of drug-likeness (QED) is 0.622. The van der Waals surface area contributed by atoms with Crippen molar-refractivity contribution in [3.8, 4) is 0 Å². The lowest BCUT2D eigenvalue weighted by Crippen LogP contribution is -2.42. The van der Waals surface area contributed by atoms with E-state index in [1.165, 1.54) is 4.31 Å². The molecule has 1 aliphatic heterocycles. The molecule has 0 aliphatic carbocycles. The molecule has 8 heteroatoms. The summed E-state index contributed by atoms with van der Waals surface area (Å²) in [6.45, 7) is 1.18. The molecule has 7 nitrogen and oxygen atoms in total. The Hall–Kier alpha value is -2.84. The van der Waals surface area contributed by atoms with Crippen LogP contribution in [0.25, 0.3) is 10.9 Å². The molecule has 0 unspecified atom stereocenters. The summed E-state index contributed by atoms with van der Waals surface area (Å²) in [6.07, 6.45) is 2.97. The first-order valence-corrected chi connectivity index (χ1v) is 12.3. The van der Waals surface area contributed by atoms with E-state index in [0.29, 0.717) is 37.4 Å². The van der Waals surface area contributed by atoms with Crippen molar-refractivity contribution in [2.45, 2.75) is 24.3 Å². The van der Waals surface area contributed by atoms with E-state index >= 15 is 0 Å². The third-order valence-electron chi connectivity index (χ3n) is 6.24. The fourth-order valence-electron chi connectivity index (χ4n) is 4.17. The van der Waals surface area contributed by atoms with Crippen LogP contribution >= 0.6 is 0 Å². The maximum atomic E-state index is 13.1. The molecular weight excluding hydrogens is 424 g/mol. The van der Waals surface area contributed by atoms with Gasteiger partial charge in [0.2, 0.25) is 15.9 Å². The van der Waals surface area contributed by atoms with Crippen LogP contribution in [-0.4, -0.2) is 50.4 Å². The van der Waals surface area contributed by atoms with Crippen molar-refractivity contribution in [1.82, 2.24) is 14.2 Å². The van der Waals surface area contributed by atoms with Crippen LogP contribution in [0.4, 0.5) is 5.69 Å². The molecule has 0 atom stereocenters. The number of hydrogen-bond donors (Lipinski definition) is 1. The van der Waals surface area contributed by atoms with Crippen LogP contribution in [0.2, 0.25) is 0 Å². The number of piperidine rings is 1. The van der Waals surface area contributed by atoms with E-state index in [0.717, 1.165) is 22.2 Å². The van der Waals surface area contributed by atoms with Crippen LogP contribution in [0.3, 0.4) is 0 Å². The Kier molecular flexibility index (Phi) is 6.26. The number of fused-ring (bicyclic) bond motifs is 1. The smallest absolute Gasteiger partial charge is 0.243 e. The Balaban J connectivity index is 1.33. The highest BCUT2D eigenvalue weighted by molar-refractivity contribution is 7.89. The molecule has 2 heterocycles. The van der Waals surface area contributed by atoms with E-state index in [4.69, 9.17) is 0 Å². The first-order valence-electron chi connectivity index (χ1n) is 10.8.